The molecule has 1 aliphatic rings. The third kappa shape index (κ3) is 4.82. The number of nitrogens with one attached hydrogen (secondary N) is 1. The number of likely N-dealkylation sites (tertiary alicyclic amines) is 1. The molecule has 0 spiro atoms. The minimum atomic E-state index is -0.192. The topological polar surface area (TPSA) is 70.4 Å². The first kappa shape index (κ1) is 21.3. The lowest BCUT2D eigenvalue weighted by Crippen LogP contribution is -2.40. The number of nitrogens with zero attached hydrogens (tertiary/aromatic N) is 3. The standard InChI is InChI=1S/C20H28N4O2.ClH/c1-14(2)16-4-6-17(7-5-16)24-13-18(25)19(22-24)20(26)23-10-8-15(9-11-23)12-21-3;/h4-7,13-15,21,25H,8-12H2,1-3H3;1H. The molecule has 0 aliphatic carbocycles. The van der Waals surface area contributed by atoms with Gasteiger partial charge in [-0.1, -0.05) is 26.0 Å². The molecular formula is C20H29ClN4O2. The highest BCUT2D eigenvalue weighted by Gasteiger charge is 2.27. The first-order chi connectivity index (χ1) is 12.5. The lowest BCUT2D eigenvalue weighted by molar-refractivity contribution is 0.0681. The maximum absolute atomic E-state index is 12.7. The van der Waals surface area contributed by atoms with Gasteiger partial charge in [-0.2, -0.15) is 5.10 Å². The molecule has 0 radical (unpaired) electrons. The van der Waals surface area contributed by atoms with E-state index in [1.807, 2.05) is 31.3 Å². The summed E-state index contributed by atoms with van der Waals surface area (Å²) in [5.74, 6) is 0.802. The lowest BCUT2D eigenvalue weighted by atomic mass is 9.96. The van der Waals surface area contributed by atoms with E-state index in [0.717, 1.165) is 25.1 Å². The zero-order chi connectivity index (χ0) is 18.7. The maximum Gasteiger partial charge on any atom is 0.278 e. The molecule has 2 aromatic rings. The molecule has 0 atom stereocenters. The van der Waals surface area contributed by atoms with E-state index < -0.39 is 0 Å². The maximum atomic E-state index is 12.7. The zero-order valence-electron chi connectivity index (χ0n) is 16.2. The summed E-state index contributed by atoms with van der Waals surface area (Å²) >= 11 is 0. The molecule has 148 valence electrons. The summed E-state index contributed by atoms with van der Waals surface area (Å²) in [6, 6.07) is 8.01. The number of hydrogen-bond donors (Lipinski definition) is 2. The molecule has 0 saturated carbocycles. The molecule has 1 aromatic carbocycles. The molecule has 0 unspecified atom stereocenters. The smallest absolute Gasteiger partial charge is 0.278 e. The van der Waals surface area contributed by atoms with Crippen molar-refractivity contribution in [3.8, 4) is 11.4 Å². The summed E-state index contributed by atoms with van der Waals surface area (Å²) in [7, 11) is 1.95. The number of benzene rings is 1. The highest BCUT2D eigenvalue weighted by atomic mass is 35.5. The van der Waals surface area contributed by atoms with Crippen LogP contribution in [0.25, 0.3) is 5.69 Å². The first-order valence-electron chi connectivity index (χ1n) is 9.32. The van der Waals surface area contributed by atoms with Gasteiger partial charge in [-0.25, -0.2) is 4.68 Å². The van der Waals surface area contributed by atoms with Crippen molar-refractivity contribution in [1.29, 1.82) is 0 Å². The molecule has 1 fully saturated rings. The van der Waals surface area contributed by atoms with Crippen LogP contribution in [0.1, 0.15) is 48.7 Å². The predicted octanol–water partition coefficient (Wildman–Crippen LogP) is 3.19. The van der Waals surface area contributed by atoms with Crippen molar-refractivity contribution in [1.82, 2.24) is 20.0 Å². The molecule has 1 amide bonds. The molecule has 1 saturated heterocycles. The summed E-state index contributed by atoms with van der Waals surface area (Å²) in [6.45, 7) is 6.69. The van der Waals surface area contributed by atoms with Crippen LogP contribution in [0.4, 0.5) is 0 Å². The van der Waals surface area contributed by atoms with Gasteiger partial charge in [0.05, 0.1) is 11.9 Å². The quantitative estimate of drug-likeness (QED) is 0.819. The van der Waals surface area contributed by atoms with Gasteiger partial charge in [-0.3, -0.25) is 4.79 Å². The Labute approximate surface area is 167 Å². The van der Waals surface area contributed by atoms with Crippen LogP contribution in [0.2, 0.25) is 0 Å². The van der Waals surface area contributed by atoms with E-state index in [2.05, 4.69) is 24.3 Å². The molecule has 6 nitrogen and oxygen atoms in total. The fourth-order valence-electron chi connectivity index (χ4n) is 3.44. The average Bonchev–Trinajstić information content (AvgIpc) is 3.04. The Morgan fingerprint density at radius 2 is 1.89 bits per heavy atom. The Hall–Kier alpha value is -2.05. The van der Waals surface area contributed by atoms with Crippen LogP contribution in [0.15, 0.2) is 30.5 Å². The number of amides is 1. The number of hydrogen-bond acceptors (Lipinski definition) is 4. The second-order valence-corrected chi connectivity index (χ2v) is 7.35. The van der Waals surface area contributed by atoms with Crippen LogP contribution in [-0.4, -0.2) is 52.4 Å². The van der Waals surface area contributed by atoms with Crippen LogP contribution in [0, 0.1) is 5.92 Å². The highest BCUT2D eigenvalue weighted by molar-refractivity contribution is 5.94. The summed E-state index contributed by atoms with van der Waals surface area (Å²) in [5.41, 5.74) is 2.20. The van der Waals surface area contributed by atoms with Gasteiger partial charge in [0.2, 0.25) is 0 Å². The molecule has 2 heterocycles. The molecule has 7 heteroatoms. The third-order valence-corrected chi connectivity index (χ3v) is 5.12. The van der Waals surface area contributed by atoms with E-state index in [4.69, 9.17) is 0 Å². The van der Waals surface area contributed by atoms with E-state index in [0.29, 0.717) is 24.9 Å². The summed E-state index contributed by atoms with van der Waals surface area (Å²) < 4.78 is 1.57. The number of piperidine rings is 1. The van der Waals surface area contributed by atoms with Gasteiger partial charge in [-0.15, -0.1) is 12.4 Å². The van der Waals surface area contributed by atoms with Gasteiger partial charge in [-0.05, 0) is 56.0 Å². The van der Waals surface area contributed by atoms with Crippen molar-refractivity contribution in [3.63, 3.8) is 0 Å². The van der Waals surface area contributed by atoms with Crippen LogP contribution in [-0.2, 0) is 0 Å². The highest BCUT2D eigenvalue weighted by Crippen LogP contribution is 2.24. The Morgan fingerprint density at radius 1 is 1.26 bits per heavy atom. The molecular weight excluding hydrogens is 364 g/mol. The third-order valence-electron chi connectivity index (χ3n) is 5.12. The monoisotopic (exact) mass is 392 g/mol. The summed E-state index contributed by atoms with van der Waals surface area (Å²) in [4.78, 5) is 14.5. The van der Waals surface area contributed by atoms with E-state index in [9.17, 15) is 9.90 Å². The fourth-order valence-corrected chi connectivity index (χ4v) is 3.44. The van der Waals surface area contributed by atoms with Crippen molar-refractivity contribution in [2.75, 3.05) is 26.7 Å². The lowest BCUT2D eigenvalue weighted by Gasteiger charge is -2.31. The Balaban J connectivity index is 0.00000261. The number of halogens is 1. The van der Waals surface area contributed by atoms with Crippen molar-refractivity contribution in [2.24, 2.45) is 5.92 Å². The zero-order valence-corrected chi connectivity index (χ0v) is 17.0. The van der Waals surface area contributed by atoms with Crippen LogP contribution >= 0.6 is 12.4 Å². The van der Waals surface area contributed by atoms with Gasteiger partial charge in [0.1, 0.15) is 0 Å². The minimum Gasteiger partial charge on any atom is -0.504 e. The second kappa shape index (κ2) is 9.24. The van der Waals surface area contributed by atoms with E-state index in [1.165, 1.54) is 11.8 Å². The largest absolute Gasteiger partial charge is 0.504 e. The number of aromatic nitrogens is 2. The summed E-state index contributed by atoms with van der Waals surface area (Å²) in [5, 5.41) is 17.8. The van der Waals surface area contributed by atoms with Gasteiger partial charge in [0, 0.05) is 13.1 Å². The van der Waals surface area contributed by atoms with Gasteiger partial charge < -0.3 is 15.3 Å². The summed E-state index contributed by atoms with van der Waals surface area (Å²) in [6.07, 6.45) is 3.46. The number of rotatable bonds is 5. The molecule has 2 N–H and O–H groups in total. The number of aromatic hydroxyl groups is 1. The Bertz CT molecular complexity index is 750. The minimum absolute atomic E-state index is 0. The Morgan fingerprint density at radius 3 is 2.44 bits per heavy atom. The molecule has 1 aromatic heterocycles. The molecule has 0 bridgehead atoms. The average molecular weight is 393 g/mol. The Kier molecular flexibility index (Phi) is 7.27. The van der Waals surface area contributed by atoms with E-state index in [1.54, 1.807) is 9.58 Å². The van der Waals surface area contributed by atoms with Crippen molar-refractivity contribution >= 4 is 18.3 Å². The predicted molar refractivity (Wildman–Crippen MR) is 109 cm³/mol. The van der Waals surface area contributed by atoms with E-state index >= 15 is 0 Å². The first-order valence-corrected chi connectivity index (χ1v) is 9.32. The number of carbonyl (C=O) groups excluding carboxylic acids is 1. The second-order valence-electron chi connectivity index (χ2n) is 7.35. The normalized spacial score (nSPS) is 15.0. The number of carbonyl (C=O) groups is 1. The van der Waals surface area contributed by atoms with Gasteiger partial charge >= 0.3 is 0 Å². The SMILES string of the molecule is CNCC1CCN(C(=O)c2nn(-c3ccc(C(C)C)cc3)cc2O)CC1.Cl. The van der Waals surface area contributed by atoms with Crippen LogP contribution < -0.4 is 5.32 Å². The van der Waals surface area contributed by atoms with Gasteiger partial charge in [0.15, 0.2) is 11.4 Å². The van der Waals surface area contributed by atoms with Crippen molar-refractivity contribution in [3.05, 3.63) is 41.7 Å². The van der Waals surface area contributed by atoms with E-state index in [-0.39, 0.29) is 29.8 Å². The molecule has 3 rings (SSSR count). The van der Waals surface area contributed by atoms with Crippen molar-refractivity contribution in [2.45, 2.75) is 32.6 Å². The van der Waals surface area contributed by atoms with Crippen molar-refractivity contribution < 1.29 is 9.90 Å². The van der Waals surface area contributed by atoms with Crippen LogP contribution in [0.5, 0.6) is 5.75 Å². The molecule has 1 aliphatic heterocycles. The molecule has 27 heavy (non-hydrogen) atoms. The van der Waals surface area contributed by atoms with Gasteiger partial charge in [0.25, 0.3) is 5.91 Å². The van der Waals surface area contributed by atoms with Crippen LogP contribution in [0.3, 0.4) is 0 Å². The fraction of sp³-hybridized carbons (Fsp3) is 0.500.